The first-order valence-corrected chi connectivity index (χ1v) is 17.3. The Morgan fingerprint density at radius 2 is 0.957 bits per heavy atom. The van der Waals surface area contributed by atoms with E-state index in [0.29, 0.717) is 13.0 Å². The Morgan fingerprint density at radius 1 is 0.522 bits per heavy atom. The van der Waals surface area contributed by atoms with Crippen molar-refractivity contribution < 1.29 is 32.2 Å². The van der Waals surface area contributed by atoms with E-state index in [-0.39, 0.29) is 12.2 Å². The number of carbonyl (C=O) groups excluding carboxylic acids is 1. The van der Waals surface area contributed by atoms with Gasteiger partial charge in [-0.15, -0.1) is 0 Å². The van der Waals surface area contributed by atoms with Crippen LogP contribution in [0.5, 0.6) is 17.2 Å². The minimum atomic E-state index is -1.74. The van der Waals surface area contributed by atoms with Gasteiger partial charge in [0.25, 0.3) is 0 Å². The van der Waals surface area contributed by atoms with Crippen LogP contribution in [-0.4, -0.2) is 19.2 Å². The second kappa shape index (κ2) is 21.3. The van der Waals surface area contributed by atoms with Crippen molar-refractivity contribution in [1.29, 1.82) is 0 Å². The molecule has 7 heteroatoms. The molecule has 0 aliphatic heterocycles. The van der Waals surface area contributed by atoms with Crippen LogP contribution in [0.15, 0.2) is 54.6 Å². The highest BCUT2D eigenvalue weighted by Gasteiger charge is 2.23. The van der Waals surface area contributed by atoms with Crippen LogP contribution >= 0.6 is 0 Å². The lowest BCUT2D eigenvalue weighted by atomic mass is 10.0. The largest absolute Gasteiger partial charge is 0.494 e. The Kier molecular flexibility index (Phi) is 17.2. The van der Waals surface area contributed by atoms with Gasteiger partial charge in [-0.2, -0.15) is 8.78 Å². The summed E-state index contributed by atoms with van der Waals surface area (Å²) < 4.78 is 59.4. The van der Waals surface area contributed by atoms with Crippen LogP contribution < -0.4 is 14.2 Å². The molecule has 0 radical (unpaired) electrons. The zero-order valence-corrected chi connectivity index (χ0v) is 27.7. The fourth-order valence-corrected chi connectivity index (χ4v) is 5.28. The van der Waals surface area contributed by atoms with Gasteiger partial charge in [0.15, 0.2) is 11.5 Å². The summed E-state index contributed by atoms with van der Waals surface area (Å²) in [5.74, 6) is -6.05. The van der Waals surface area contributed by atoms with Crippen LogP contribution in [0.1, 0.15) is 127 Å². The number of esters is 1. The maximum absolute atomic E-state index is 14.4. The number of unbranched alkanes of at least 4 members (excludes halogenated alkanes) is 14. The van der Waals surface area contributed by atoms with Gasteiger partial charge in [0, 0.05) is 6.07 Å². The van der Waals surface area contributed by atoms with Gasteiger partial charge < -0.3 is 14.2 Å². The fourth-order valence-electron chi connectivity index (χ4n) is 5.28. The molecule has 0 unspecified atom stereocenters. The fraction of sp³-hybridized carbons (Fsp3) is 0.513. The molecule has 0 saturated carbocycles. The Hall–Kier alpha value is -3.48. The third-order valence-electron chi connectivity index (χ3n) is 8.11. The highest BCUT2D eigenvalue weighted by atomic mass is 19.2. The molecule has 0 bridgehead atoms. The summed E-state index contributed by atoms with van der Waals surface area (Å²) in [5.41, 5.74) is 1.94. The van der Waals surface area contributed by atoms with E-state index in [0.717, 1.165) is 61.5 Å². The standard InChI is InChI=1S/C39H51F3O4/c1-3-5-7-9-11-12-13-14-16-17-27-44-33-25-23-31(24-26-33)30-19-21-32(22-20-30)39(43)46-35-29-34(36(40)38(42)37(35)41)45-28-18-15-10-8-6-4-2/h19-26,29H,3-18,27-28H2,1-2H3. The summed E-state index contributed by atoms with van der Waals surface area (Å²) in [4.78, 5) is 12.7. The molecule has 3 aromatic carbocycles. The van der Waals surface area contributed by atoms with Crippen LogP contribution in [0, 0.1) is 17.5 Å². The second-order valence-electron chi connectivity index (χ2n) is 12.0. The minimum absolute atomic E-state index is 0.138. The Balaban J connectivity index is 1.44. The van der Waals surface area contributed by atoms with Crippen molar-refractivity contribution in [2.24, 2.45) is 0 Å². The van der Waals surface area contributed by atoms with E-state index in [1.165, 1.54) is 57.8 Å². The quantitative estimate of drug-likeness (QED) is 0.0448. The van der Waals surface area contributed by atoms with E-state index in [2.05, 4.69) is 13.8 Å². The molecule has 0 atom stereocenters. The molecule has 3 aromatic rings. The molecule has 0 fully saturated rings. The SMILES string of the molecule is CCCCCCCCCCCCOc1ccc(-c2ccc(C(=O)Oc3cc(OCCCCCCCC)c(F)c(F)c3F)cc2)cc1. The van der Waals surface area contributed by atoms with E-state index < -0.39 is 34.9 Å². The van der Waals surface area contributed by atoms with Crippen molar-refractivity contribution in [3.05, 3.63) is 77.6 Å². The number of benzene rings is 3. The summed E-state index contributed by atoms with van der Waals surface area (Å²) in [7, 11) is 0. The molecule has 252 valence electrons. The predicted molar refractivity (Wildman–Crippen MR) is 179 cm³/mol. The zero-order valence-electron chi connectivity index (χ0n) is 27.7. The van der Waals surface area contributed by atoms with Crippen molar-refractivity contribution >= 4 is 5.97 Å². The normalized spacial score (nSPS) is 11.1. The van der Waals surface area contributed by atoms with Crippen LogP contribution in [-0.2, 0) is 0 Å². The smallest absolute Gasteiger partial charge is 0.343 e. The first-order chi connectivity index (χ1) is 22.4. The zero-order chi connectivity index (χ0) is 33.0. The molecule has 0 amide bonds. The predicted octanol–water partition coefficient (Wildman–Crippen LogP) is 12.0. The van der Waals surface area contributed by atoms with Gasteiger partial charge >= 0.3 is 5.97 Å². The molecule has 0 aliphatic carbocycles. The molecular weight excluding hydrogens is 589 g/mol. The summed E-state index contributed by atoms with van der Waals surface area (Å²) in [6, 6.07) is 15.2. The summed E-state index contributed by atoms with van der Waals surface area (Å²) in [5, 5.41) is 0. The average Bonchev–Trinajstić information content (AvgIpc) is 3.08. The average molecular weight is 641 g/mol. The third kappa shape index (κ3) is 12.7. The van der Waals surface area contributed by atoms with Gasteiger partial charge in [0.05, 0.1) is 18.8 Å². The lowest BCUT2D eigenvalue weighted by Crippen LogP contribution is -2.11. The van der Waals surface area contributed by atoms with Crippen LogP contribution in [0.25, 0.3) is 11.1 Å². The number of ether oxygens (including phenoxy) is 3. The second-order valence-corrected chi connectivity index (χ2v) is 12.0. The number of rotatable bonds is 23. The Bertz CT molecular complexity index is 1290. The van der Waals surface area contributed by atoms with E-state index in [4.69, 9.17) is 14.2 Å². The van der Waals surface area contributed by atoms with Crippen LogP contribution in [0.2, 0.25) is 0 Å². The van der Waals surface area contributed by atoms with Gasteiger partial charge in [-0.1, -0.05) is 128 Å². The maximum atomic E-state index is 14.4. The molecule has 0 aromatic heterocycles. The van der Waals surface area contributed by atoms with Crippen molar-refractivity contribution in [2.45, 2.75) is 117 Å². The number of halogens is 3. The Labute approximate surface area is 273 Å². The van der Waals surface area contributed by atoms with Gasteiger partial charge in [0.2, 0.25) is 17.5 Å². The molecule has 0 N–H and O–H groups in total. The molecule has 46 heavy (non-hydrogen) atoms. The van der Waals surface area contributed by atoms with Crippen molar-refractivity contribution in [3.8, 4) is 28.4 Å². The third-order valence-corrected chi connectivity index (χ3v) is 8.11. The highest BCUT2D eigenvalue weighted by Crippen LogP contribution is 2.31. The van der Waals surface area contributed by atoms with E-state index in [9.17, 15) is 18.0 Å². The Morgan fingerprint density at radius 3 is 1.48 bits per heavy atom. The van der Waals surface area contributed by atoms with Crippen LogP contribution in [0.4, 0.5) is 13.2 Å². The summed E-state index contributed by atoms with van der Waals surface area (Å²) >= 11 is 0. The lowest BCUT2D eigenvalue weighted by molar-refractivity contribution is 0.0725. The van der Waals surface area contributed by atoms with Gasteiger partial charge in [-0.25, -0.2) is 9.18 Å². The first-order valence-electron chi connectivity index (χ1n) is 17.3. The van der Waals surface area contributed by atoms with Gasteiger partial charge in [-0.3, -0.25) is 0 Å². The highest BCUT2D eigenvalue weighted by molar-refractivity contribution is 5.91. The first kappa shape index (κ1) is 37.0. The molecule has 0 spiro atoms. The molecule has 0 saturated heterocycles. The number of hydrogen-bond donors (Lipinski definition) is 0. The van der Waals surface area contributed by atoms with E-state index in [1.807, 2.05) is 24.3 Å². The van der Waals surface area contributed by atoms with E-state index >= 15 is 0 Å². The van der Waals surface area contributed by atoms with Gasteiger partial charge in [0.1, 0.15) is 5.75 Å². The molecule has 0 heterocycles. The summed E-state index contributed by atoms with van der Waals surface area (Å²) in [6.45, 7) is 5.22. The summed E-state index contributed by atoms with van der Waals surface area (Å²) in [6.07, 6.45) is 18.8. The van der Waals surface area contributed by atoms with Crippen molar-refractivity contribution in [3.63, 3.8) is 0 Å². The lowest BCUT2D eigenvalue weighted by Gasteiger charge is -2.12. The monoisotopic (exact) mass is 640 g/mol. The van der Waals surface area contributed by atoms with E-state index in [1.54, 1.807) is 24.3 Å². The van der Waals surface area contributed by atoms with Crippen molar-refractivity contribution in [2.75, 3.05) is 13.2 Å². The van der Waals surface area contributed by atoms with Crippen LogP contribution in [0.3, 0.4) is 0 Å². The number of hydrogen-bond acceptors (Lipinski definition) is 4. The molecule has 3 rings (SSSR count). The molecular formula is C39H51F3O4. The van der Waals surface area contributed by atoms with Gasteiger partial charge in [-0.05, 0) is 48.2 Å². The molecule has 4 nitrogen and oxygen atoms in total. The van der Waals surface area contributed by atoms with Crippen molar-refractivity contribution in [1.82, 2.24) is 0 Å². The topological polar surface area (TPSA) is 44.8 Å². The molecule has 0 aliphatic rings. The minimum Gasteiger partial charge on any atom is -0.494 e. The maximum Gasteiger partial charge on any atom is 0.343 e. The number of carbonyl (C=O) groups is 1.